The van der Waals surface area contributed by atoms with Crippen LogP contribution in [0.1, 0.15) is 311 Å². The molecule has 0 aliphatic carbocycles. The Morgan fingerprint density at radius 3 is 0.790 bits per heavy atom. The Hall–Kier alpha value is -1.59. The van der Waals surface area contributed by atoms with Gasteiger partial charge in [-0.1, -0.05) is 272 Å². The first-order valence-corrected chi connectivity index (χ1v) is 27.7. The van der Waals surface area contributed by atoms with E-state index < -0.39 is 6.10 Å². The minimum atomic E-state index is -0.762. The molecule has 0 aliphatic rings. The highest BCUT2D eigenvalue weighted by Gasteiger charge is 2.19. The molecule has 0 radical (unpaired) electrons. The third-order valence-corrected chi connectivity index (χ3v) is 12.7. The van der Waals surface area contributed by atoms with Gasteiger partial charge in [-0.25, -0.2) is 0 Å². The van der Waals surface area contributed by atoms with Gasteiger partial charge in [-0.15, -0.1) is 0 Å². The first-order valence-electron chi connectivity index (χ1n) is 27.7. The maximum Gasteiger partial charge on any atom is 0.306 e. The highest BCUT2D eigenvalue weighted by molar-refractivity contribution is 5.71. The average molecular weight is 877 g/mol. The van der Waals surface area contributed by atoms with E-state index in [-0.39, 0.29) is 31.1 Å². The van der Waals surface area contributed by atoms with Crippen LogP contribution in [0.2, 0.25) is 0 Å². The van der Waals surface area contributed by atoms with E-state index in [2.05, 4.69) is 34.6 Å². The van der Waals surface area contributed by atoms with Crippen molar-refractivity contribution in [1.82, 2.24) is 0 Å². The Labute approximate surface area is 387 Å². The summed E-state index contributed by atoms with van der Waals surface area (Å²) >= 11 is 0. The van der Waals surface area contributed by atoms with Gasteiger partial charge in [0, 0.05) is 19.3 Å². The Bertz CT molecular complexity index is 947. The molecule has 0 spiro atoms. The standard InChI is InChI=1S/C56H108O6/c1-6-7-8-9-10-11-12-13-19-23-26-33-38-43-48-56(59)62-53(50-61-55(58)47-42-37-32-28-27-30-35-40-45-52(4)5)49-60-54(57)46-41-36-31-25-22-20-17-15-14-16-18-21-24-29-34-39-44-51(2)3/h51-53H,6-50H2,1-5H3/t53-/m1/s1. The molecular weight excluding hydrogens is 769 g/mol. The minimum Gasteiger partial charge on any atom is -0.462 e. The lowest BCUT2D eigenvalue weighted by molar-refractivity contribution is -0.167. The van der Waals surface area contributed by atoms with Crippen molar-refractivity contribution in [2.24, 2.45) is 11.8 Å². The van der Waals surface area contributed by atoms with Gasteiger partial charge < -0.3 is 14.2 Å². The molecule has 368 valence electrons. The molecule has 0 aliphatic heterocycles. The van der Waals surface area contributed by atoms with Crippen molar-refractivity contribution in [3.8, 4) is 0 Å². The van der Waals surface area contributed by atoms with E-state index in [1.807, 2.05) is 0 Å². The number of carbonyl (C=O) groups is 3. The zero-order valence-corrected chi connectivity index (χ0v) is 42.5. The van der Waals surface area contributed by atoms with Gasteiger partial charge in [-0.2, -0.15) is 0 Å². The van der Waals surface area contributed by atoms with E-state index in [0.717, 1.165) is 69.6 Å². The molecule has 1 atom stereocenters. The van der Waals surface area contributed by atoms with Crippen LogP contribution < -0.4 is 0 Å². The normalized spacial score (nSPS) is 12.0. The third-order valence-electron chi connectivity index (χ3n) is 12.7. The maximum absolute atomic E-state index is 12.8. The lowest BCUT2D eigenvalue weighted by atomic mass is 10.0. The number of esters is 3. The largest absolute Gasteiger partial charge is 0.462 e. The second kappa shape index (κ2) is 48.9. The van der Waals surface area contributed by atoms with Gasteiger partial charge in [-0.3, -0.25) is 14.4 Å². The van der Waals surface area contributed by atoms with Crippen molar-refractivity contribution in [1.29, 1.82) is 0 Å². The fourth-order valence-electron chi connectivity index (χ4n) is 8.52. The minimum absolute atomic E-state index is 0.0633. The summed E-state index contributed by atoms with van der Waals surface area (Å²) in [5.74, 6) is 0.805. The summed E-state index contributed by atoms with van der Waals surface area (Å²) in [6, 6.07) is 0. The van der Waals surface area contributed by atoms with Crippen molar-refractivity contribution in [2.75, 3.05) is 13.2 Å². The van der Waals surface area contributed by atoms with Gasteiger partial charge >= 0.3 is 17.9 Å². The Kier molecular flexibility index (Phi) is 47.6. The van der Waals surface area contributed by atoms with Crippen LogP contribution in [0, 0.1) is 11.8 Å². The summed E-state index contributed by atoms with van der Waals surface area (Å²) in [6.07, 6.45) is 51.0. The molecule has 0 N–H and O–H groups in total. The van der Waals surface area contributed by atoms with Crippen LogP contribution in [0.4, 0.5) is 0 Å². The molecule has 0 aromatic carbocycles. The van der Waals surface area contributed by atoms with Crippen LogP contribution in [0.5, 0.6) is 0 Å². The lowest BCUT2D eigenvalue weighted by Gasteiger charge is -2.18. The molecule has 0 aromatic heterocycles. The molecule has 62 heavy (non-hydrogen) atoms. The highest BCUT2D eigenvalue weighted by Crippen LogP contribution is 2.18. The van der Waals surface area contributed by atoms with Crippen LogP contribution in [-0.4, -0.2) is 37.2 Å². The van der Waals surface area contributed by atoms with E-state index in [0.29, 0.717) is 19.3 Å². The fourth-order valence-corrected chi connectivity index (χ4v) is 8.52. The quantitative estimate of drug-likeness (QED) is 0.0344. The molecule has 0 saturated carbocycles. The predicted molar refractivity (Wildman–Crippen MR) is 266 cm³/mol. The smallest absolute Gasteiger partial charge is 0.306 e. The van der Waals surface area contributed by atoms with Gasteiger partial charge in [0.05, 0.1) is 0 Å². The SMILES string of the molecule is CCCCCCCCCCCCCCCCC(=O)O[C@H](COC(=O)CCCCCCCCCCCCCCCCCCC(C)C)COC(=O)CCCCCCCCCCC(C)C. The summed E-state index contributed by atoms with van der Waals surface area (Å²) < 4.78 is 16.8. The van der Waals surface area contributed by atoms with Gasteiger partial charge in [0.15, 0.2) is 6.10 Å². The number of hydrogen-bond donors (Lipinski definition) is 0. The predicted octanol–water partition coefficient (Wildman–Crippen LogP) is 18.1. The third kappa shape index (κ3) is 49.4. The van der Waals surface area contributed by atoms with Crippen molar-refractivity contribution < 1.29 is 28.6 Å². The molecule has 6 nitrogen and oxygen atoms in total. The van der Waals surface area contributed by atoms with E-state index in [1.165, 1.54) is 199 Å². The Morgan fingerprint density at radius 1 is 0.306 bits per heavy atom. The molecule has 6 heteroatoms. The number of ether oxygens (including phenoxy) is 3. The molecular formula is C56H108O6. The second-order valence-electron chi connectivity index (χ2n) is 20.2. The highest BCUT2D eigenvalue weighted by atomic mass is 16.6. The Morgan fingerprint density at radius 2 is 0.532 bits per heavy atom. The molecule has 0 aromatic rings. The monoisotopic (exact) mass is 877 g/mol. The van der Waals surface area contributed by atoms with E-state index >= 15 is 0 Å². The van der Waals surface area contributed by atoms with Crippen LogP contribution in [-0.2, 0) is 28.6 Å². The number of carbonyl (C=O) groups excluding carboxylic acids is 3. The summed E-state index contributed by atoms with van der Waals surface area (Å²) in [7, 11) is 0. The molecule has 0 rings (SSSR count). The lowest BCUT2D eigenvalue weighted by Crippen LogP contribution is -2.30. The topological polar surface area (TPSA) is 78.9 Å². The number of unbranched alkanes of at least 4 members (excludes halogenated alkanes) is 35. The van der Waals surface area contributed by atoms with E-state index in [1.54, 1.807) is 0 Å². The van der Waals surface area contributed by atoms with Crippen LogP contribution in [0.3, 0.4) is 0 Å². The molecule has 0 unspecified atom stereocenters. The van der Waals surface area contributed by atoms with Gasteiger partial charge in [0.1, 0.15) is 13.2 Å². The fraction of sp³-hybridized carbons (Fsp3) is 0.946. The first-order chi connectivity index (χ1) is 30.2. The molecule has 0 bridgehead atoms. The van der Waals surface area contributed by atoms with Crippen LogP contribution in [0.25, 0.3) is 0 Å². The van der Waals surface area contributed by atoms with Crippen molar-refractivity contribution in [3.05, 3.63) is 0 Å². The van der Waals surface area contributed by atoms with Crippen LogP contribution in [0.15, 0.2) is 0 Å². The zero-order chi connectivity index (χ0) is 45.4. The van der Waals surface area contributed by atoms with Crippen molar-refractivity contribution in [3.63, 3.8) is 0 Å². The molecule has 0 heterocycles. The summed E-state index contributed by atoms with van der Waals surface area (Å²) in [5, 5.41) is 0. The van der Waals surface area contributed by atoms with Gasteiger partial charge in [0.2, 0.25) is 0 Å². The summed E-state index contributed by atoms with van der Waals surface area (Å²) in [4.78, 5) is 38.0. The van der Waals surface area contributed by atoms with Crippen LogP contribution >= 0.6 is 0 Å². The second-order valence-corrected chi connectivity index (χ2v) is 20.2. The van der Waals surface area contributed by atoms with Gasteiger partial charge in [-0.05, 0) is 31.1 Å². The Balaban J connectivity index is 4.25. The summed E-state index contributed by atoms with van der Waals surface area (Å²) in [6.45, 7) is 11.4. The molecule has 0 amide bonds. The number of rotatable bonds is 50. The van der Waals surface area contributed by atoms with E-state index in [9.17, 15) is 14.4 Å². The first kappa shape index (κ1) is 60.4. The molecule has 0 saturated heterocycles. The number of hydrogen-bond acceptors (Lipinski definition) is 6. The maximum atomic E-state index is 12.8. The van der Waals surface area contributed by atoms with Gasteiger partial charge in [0.25, 0.3) is 0 Å². The zero-order valence-electron chi connectivity index (χ0n) is 42.5. The van der Waals surface area contributed by atoms with Crippen molar-refractivity contribution in [2.45, 2.75) is 317 Å². The van der Waals surface area contributed by atoms with E-state index in [4.69, 9.17) is 14.2 Å². The summed E-state index contributed by atoms with van der Waals surface area (Å²) in [5.41, 5.74) is 0. The van der Waals surface area contributed by atoms with Crippen molar-refractivity contribution >= 4 is 17.9 Å². The molecule has 0 fully saturated rings. The average Bonchev–Trinajstić information content (AvgIpc) is 3.24.